The Balaban J connectivity index is 0. The Morgan fingerprint density at radius 3 is 0.788 bits per heavy atom. The molecule has 2 atom stereocenters. The molecule has 0 radical (unpaired) electrons. The third-order valence-corrected chi connectivity index (χ3v) is 14.4. The number of unbranched alkanes of at least 4 members (excludes halogenated alkanes) is 28. The van der Waals surface area contributed by atoms with E-state index < -0.39 is 16.5 Å². The lowest BCUT2D eigenvalue weighted by molar-refractivity contribution is 0.229. The van der Waals surface area contributed by atoms with E-state index in [0.717, 1.165) is 29.4 Å². The predicted molar refractivity (Wildman–Crippen MR) is 291 cm³/mol. The number of ether oxygens (including phenoxy) is 1. The first-order chi connectivity index (χ1) is 31.6. The summed E-state index contributed by atoms with van der Waals surface area (Å²) in [6, 6.07) is 0. The summed E-state index contributed by atoms with van der Waals surface area (Å²) in [5.74, 6) is 6.32. The standard InChI is InChI=1S/C58H114O.O5P2/c1-51(2)43-35-27-19-11-15-23-31-39-47-56(48-40-32-24-16-12-20-28-36-44-52(3)4)58(59-55(9)10)57(49-41-33-25-17-13-21-29-37-45-53(5)6)50-42-34-26-18-14-22-30-38-46-54(7)8;1-6(2)5-7(3)4/h51-54,56H,9,11-50H2,1-8,10H3;/p+2. The Morgan fingerprint density at radius 2 is 0.591 bits per heavy atom. The van der Waals surface area contributed by atoms with Gasteiger partial charge in [0.1, 0.15) is 5.76 Å². The molecule has 0 amide bonds. The van der Waals surface area contributed by atoms with E-state index in [1.807, 2.05) is 0 Å². The number of rotatable bonds is 49. The monoisotopic (exact) mass is 971 g/mol. The fourth-order valence-corrected chi connectivity index (χ4v) is 9.86. The lowest BCUT2D eigenvalue weighted by Crippen LogP contribution is -2.11. The minimum Gasteiger partial charge on any atom is -0.467 e. The predicted octanol–water partition coefficient (Wildman–Crippen LogP) is 21.9. The lowest BCUT2D eigenvalue weighted by Gasteiger charge is -2.25. The highest BCUT2D eigenvalue weighted by molar-refractivity contribution is 7.46. The quantitative estimate of drug-likeness (QED) is 0.0358. The van der Waals surface area contributed by atoms with Gasteiger partial charge < -0.3 is 4.74 Å². The van der Waals surface area contributed by atoms with E-state index in [1.165, 1.54) is 263 Å². The van der Waals surface area contributed by atoms with E-state index in [1.54, 1.807) is 5.57 Å². The Morgan fingerprint density at radius 1 is 0.379 bits per heavy atom. The average molecular weight is 972 g/mol. The molecule has 392 valence electrons. The van der Waals surface area contributed by atoms with E-state index in [4.69, 9.17) is 14.5 Å². The van der Waals surface area contributed by atoms with Crippen molar-refractivity contribution in [1.29, 1.82) is 0 Å². The van der Waals surface area contributed by atoms with Crippen molar-refractivity contribution in [2.75, 3.05) is 0 Å². The maximum Gasteiger partial charge on any atom is 0.745 e. The molecule has 2 N–H and O–H groups in total. The van der Waals surface area contributed by atoms with Crippen molar-refractivity contribution in [1.82, 2.24) is 0 Å². The number of allylic oxidation sites excluding steroid dienone is 3. The Hall–Kier alpha value is -0.640. The highest BCUT2D eigenvalue weighted by Crippen LogP contribution is 2.35. The summed E-state index contributed by atoms with van der Waals surface area (Å²) in [7, 11) is -5.85. The summed E-state index contributed by atoms with van der Waals surface area (Å²) in [5.41, 5.74) is 1.68. The molecule has 0 fully saturated rings. The van der Waals surface area contributed by atoms with Crippen LogP contribution in [0, 0.1) is 29.6 Å². The smallest absolute Gasteiger partial charge is 0.467 e. The number of hydrogen-bond donors (Lipinski definition) is 2. The van der Waals surface area contributed by atoms with Crippen LogP contribution in [0.15, 0.2) is 23.7 Å². The van der Waals surface area contributed by atoms with Crippen LogP contribution < -0.4 is 0 Å². The first-order valence-corrected chi connectivity index (χ1v) is 31.0. The van der Waals surface area contributed by atoms with Gasteiger partial charge in [0.05, 0.1) is 5.76 Å². The zero-order chi connectivity index (χ0) is 49.5. The zero-order valence-corrected chi connectivity index (χ0v) is 47.6. The normalized spacial score (nSPS) is 12.1. The molecule has 0 heterocycles. The molecule has 0 aromatic heterocycles. The van der Waals surface area contributed by atoms with Crippen LogP contribution in [0.25, 0.3) is 0 Å². The van der Waals surface area contributed by atoms with E-state index in [-0.39, 0.29) is 0 Å². The molecular formula is C58H116O6P2+2. The van der Waals surface area contributed by atoms with Gasteiger partial charge in [-0.2, -0.15) is 0 Å². The average Bonchev–Trinajstić information content (AvgIpc) is 3.23. The van der Waals surface area contributed by atoms with Crippen LogP contribution in [0.5, 0.6) is 0 Å². The van der Waals surface area contributed by atoms with E-state index in [9.17, 15) is 9.13 Å². The van der Waals surface area contributed by atoms with Crippen LogP contribution in [0.1, 0.15) is 319 Å². The van der Waals surface area contributed by atoms with Crippen molar-refractivity contribution in [3.63, 3.8) is 0 Å². The molecule has 0 aliphatic carbocycles. The van der Waals surface area contributed by atoms with Crippen LogP contribution in [0.2, 0.25) is 0 Å². The molecule has 0 aliphatic heterocycles. The van der Waals surface area contributed by atoms with Gasteiger partial charge in [-0.1, -0.05) is 280 Å². The largest absolute Gasteiger partial charge is 0.745 e. The summed E-state index contributed by atoms with van der Waals surface area (Å²) in [6.07, 6.45) is 55.9. The molecule has 66 heavy (non-hydrogen) atoms. The van der Waals surface area contributed by atoms with E-state index >= 15 is 0 Å². The second-order valence-corrected chi connectivity index (χ2v) is 23.8. The summed E-state index contributed by atoms with van der Waals surface area (Å²) in [4.78, 5) is 15.3. The second-order valence-electron chi connectivity index (χ2n) is 22.1. The molecule has 8 heteroatoms. The second kappa shape index (κ2) is 50.7. The number of hydrogen-bond acceptors (Lipinski definition) is 4. The van der Waals surface area contributed by atoms with Gasteiger partial charge >= 0.3 is 16.5 Å². The molecule has 0 saturated carbocycles. The molecule has 0 spiro atoms. The van der Waals surface area contributed by atoms with Crippen molar-refractivity contribution in [2.45, 2.75) is 319 Å². The molecule has 0 rings (SSSR count). The first kappa shape index (κ1) is 67.4. The van der Waals surface area contributed by atoms with E-state index in [0.29, 0.717) is 5.92 Å². The summed E-state index contributed by atoms with van der Waals surface area (Å²) in [5, 5.41) is 0. The van der Waals surface area contributed by atoms with Gasteiger partial charge in [0, 0.05) is 15.0 Å². The fraction of sp³-hybridized carbons (Fsp3) is 0.931. The van der Waals surface area contributed by atoms with Gasteiger partial charge in [0.2, 0.25) is 0 Å². The van der Waals surface area contributed by atoms with Gasteiger partial charge in [-0.15, -0.1) is 9.79 Å². The van der Waals surface area contributed by atoms with Gasteiger partial charge in [-0.3, -0.25) is 0 Å². The minimum absolute atomic E-state index is 0.574. The van der Waals surface area contributed by atoms with Crippen molar-refractivity contribution in [3.05, 3.63) is 23.7 Å². The van der Waals surface area contributed by atoms with Crippen molar-refractivity contribution in [2.24, 2.45) is 29.6 Å². The molecule has 0 aromatic carbocycles. The summed E-state index contributed by atoms with van der Waals surface area (Å²) < 4.78 is 29.0. The highest BCUT2D eigenvalue weighted by atomic mass is 31.2. The maximum atomic E-state index is 9.39. The topological polar surface area (TPSA) is 93.1 Å². The first-order valence-electron chi connectivity index (χ1n) is 28.7. The SMILES string of the molecule is C=C(C)OC(=C(CCCCCCCCCCC(C)C)CCCCCCCCCCC(C)C)C(CCCCCCCCCCC(C)C)CCCCCCCCCCC(C)C.O=[P+](O)O[P+](=O)O. The molecule has 0 saturated heterocycles. The van der Waals surface area contributed by atoms with Gasteiger partial charge in [-0.25, -0.2) is 0 Å². The Kier molecular flexibility index (Phi) is 51.8. The van der Waals surface area contributed by atoms with Crippen molar-refractivity contribution >= 4 is 16.5 Å². The molecule has 0 aromatic rings. The molecular weight excluding hydrogens is 855 g/mol. The summed E-state index contributed by atoms with van der Waals surface area (Å²) >= 11 is 0. The van der Waals surface area contributed by atoms with Crippen LogP contribution >= 0.6 is 16.5 Å². The van der Waals surface area contributed by atoms with E-state index in [2.05, 4.69) is 73.2 Å². The molecule has 2 unspecified atom stereocenters. The van der Waals surface area contributed by atoms with Crippen LogP contribution in [0.4, 0.5) is 0 Å². The molecule has 0 bridgehead atoms. The maximum absolute atomic E-state index is 9.39. The third kappa shape index (κ3) is 54.3. The third-order valence-electron chi connectivity index (χ3n) is 13.3. The summed E-state index contributed by atoms with van der Waals surface area (Å²) in [6.45, 7) is 25.4. The lowest BCUT2D eigenvalue weighted by atomic mass is 9.87. The Bertz CT molecular complexity index is 1050. The zero-order valence-electron chi connectivity index (χ0n) is 45.8. The van der Waals surface area contributed by atoms with Crippen LogP contribution in [-0.4, -0.2) is 9.79 Å². The minimum atomic E-state index is -2.92. The Labute approximate surface area is 415 Å². The fourth-order valence-electron chi connectivity index (χ4n) is 9.38. The highest BCUT2D eigenvalue weighted by Gasteiger charge is 2.31. The van der Waals surface area contributed by atoms with Crippen molar-refractivity contribution < 1.29 is 28.0 Å². The van der Waals surface area contributed by atoms with Gasteiger partial charge in [0.15, 0.2) is 4.31 Å². The van der Waals surface area contributed by atoms with Crippen LogP contribution in [-0.2, 0) is 18.2 Å². The van der Waals surface area contributed by atoms with Gasteiger partial charge in [0.25, 0.3) is 0 Å². The van der Waals surface area contributed by atoms with Crippen molar-refractivity contribution in [3.8, 4) is 0 Å². The van der Waals surface area contributed by atoms with Gasteiger partial charge in [-0.05, 0) is 74.7 Å². The molecule has 6 nitrogen and oxygen atoms in total. The molecule has 0 aliphatic rings. The van der Waals surface area contributed by atoms with Crippen LogP contribution in [0.3, 0.4) is 0 Å².